The van der Waals surface area contributed by atoms with Gasteiger partial charge in [0, 0.05) is 26.4 Å². The topological polar surface area (TPSA) is 395 Å². The number of aliphatic carboxylic acids is 3. The van der Waals surface area contributed by atoms with Crippen LogP contribution in [-0.4, -0.2) is 172 Å². The predicted molar refractivity (Wildman–Crippen MR) is 247 cm³/mol. The van der Waals surface area contributed by atoms with Crippen molar-refractivity contribution in [1.29, 1.82) is 0 Å². The summed E-state index contributed by atoms with van der Waals surface area (Å²) >= 11 is 22.8. The largest absolute Gasteiger partial charge is 0.481 e. The Morgan fingerprint density at radius 3 is 1.63 bits per heavy atom. The fourth-order valence-electron chi connectivity index (χ4n) is 6.53. The van der Waals surface area contributed by atoms with Crippen molar-refractivity contribution >= 4 is 118 Å². The van der Waals surface area contributed by atoms with Crippen LogP contribution in [-0.2, 0) is 62.3 Å². The summed E-state index contributed by atoms with van der Waals surface area (Å²) in [6, 6.07) is -11.6. The van der Waals surface area contributed by atoms with Gasteiger partial charge in [0.25, 0.3) is 0 Å². The quantitative estimate of drug-likeness (QED) is 0.0336. The van der Waals surface area contributed by atoms with Crippen LogP contribution in [0.4, 0.5) is 4.79 Å². The van der Waals surface area contributed by atoms with Crippen LogP contribution in [0.25, 0.3) is 0 Å². The summed E-state index contributed by atoms with van der Waals surface area (Å²) in [6.07, 6.45) is -5.74. The summed E-state index contributed by atoms with van der Waals surface area (Å²) in [7, 11) is 0. The van der Waals surface area contributed by atoms with Crippen LogP contribution in [0.3, 0.4) is 0 Å². The van der Waals surface area contributed by atoms with Crippen molar-refractivity contribution in [3.05, 3.63) is 0 Å². The molecule has 0 aromatic carbocycles. The van der Waals surface area contributed by atoms with E-state index >= 15 is 0 Å². The van der Waals surface area contributed by atoms with E-state index in [9.17, 15) is 78.0 Å². The molecule has 8 amide bonds. The first kappa shape index (κ1) is 63.5. The number of nitrogens with one attached hydrogen (secondary N) is 7. The predicted octanol–water partition coefficient (Wildman–Crippen LogP) is -0.840. The molecule has 1 fully saturated rings. The summed E-state index contributed by atoms with van der Waals surface area (Å²) in [5.74, 6) is -14.7. The molecular formula is C40H61Cl4N9O18. The average molecular weight is 1100 g/mol. The van der Waals surface area contributed by atoms with E-state index in [-0.39, 0.29) is 19.5 Å². The van der Waals surface area contributed by atoms with Gasteiger partial charge in [-0.1, -0.05) is 86.6 Å². The molecule has 27 nitrogen and oxygen atoms in total. The molecule has 402 valence electrons. The molecule has 1 rings (SSSR count). The summed E-state index contributed by atoms with van der Waals surface area (Å²) in [4.78, 5) is 160. The highest BCUT2D eigenvalue weighted by Crippen LogP contribution is 2.34. The number of rotatable bonds is 28. The number of nitrogens with zero attached hydrogens (tertiary/aromatic N) is 2. The number of halogens is 4. The van der Waals surface area contributed by atoms with Gasteiger partial charge in [0.1, 0.15) is 42.3 Å². The summed E-state index contributed by atoms with van der Waals surface area (Å²) in [5, 5.41) is 52.6. The minimum atomic E-state index is -2.20. The van der Waals surface area contributed by atoms with E-state index in [1.165, 1.54) is 13.8 Å². The third kappa shape index (κ3) is 21.8. The SMILES string of the molecule is CCCN(NOC(=O)[C@@H]1CCCN1C(=O)[C@@H](NC(=O)[C@@H](NC(=O)[C@H](CC(=O)O)NC(=O)[C@H](CCC(=O)O)NC(=O)[C@@H](NC(=O)[C@H](CC(=O)O)NC(C)=O)[C@@H](C)O)C(C)C)C(C)C)C(=O)OC(Cl)C(Cl)(Cl)Cl. The number of hydrazine groups is 1. The van der Waals surface area contributed by atoms with Crippen LogP contribution < -0.4 is 37.5 Å². The molecule has 1 aliphatic heterocycles. The Morgan fingerprint density at radius 2 is 1.17 bits per heavy atom. The van der Waals surface area contributed by atoms with Crippen LogP contribution in [0.15, 0.2) is 0 Å². The molecule has 0 radical (unpaired) electrons. The normalized spacial score (nSPS) is 16.9. The zero-order valence-electron chi connectivity index (χ0n) is 39.6. The standard InChI is InChI=1S/C40H61Cl4N9O18/c1-8-13-53(39(69)70-38(41)40(42,43)44)51-71-37(68)24-10-9-14-52(24)36(67)29(18(4)5)49-34(65)28(17(2)3)48-33(64)23(16-27(60)61)47-31(62)21(11-12-25(56)57)46-35(66)30(19(6)54)50-32(63)22(15-26(58)59)45-20(7)55/h17-19,21-24,28-30,38,51,54H,8-16H2,1-7H3,(H,45,55)(H,46,66)(H,47,62)(H,48,64)(H,49,65)(H,50,63)(H,56,57)(H,58,59)(H,60,61)/t19-,21+,22+,23+,24+,28+,29+,30+,38?/m1/s1. The molecule has 0 bridgehead atoms. The zero-order valence-corrected chi connectivity index (χ0v) is 42.6. The summed E-state index contributed by atoms with van der Waals surface area (Å²) in [6.45, 7) is 9.74. The summed E-state index contributed by atoms with van der Waals surface area (Å²) in [5.41, 5.74) is 0.417. The van der Waals surface area contributed by atoms with Gasteiger partial charge in [-0.05, 0) is 44.4 Å². The lowest BCUT2D eigenvalue weighted by Crippen LogP contribution is -2.62. The molecule has 11 N–H and O–H groups in total. The van der Waals surface area contributed by atoms with Gasteiger partial charge in [-0.25, -0.2) is 14.6 Å². The lowest BCUT2D eigenvalue weighted by molar-refractivity contribution is -0.170. The Labute approximate surface area is 427 Å². The minimum absolute atomic E-state index is 0.0323. The van der Waals surface area contributed by atoms with Crippen LogP contribution in [0.2, 0.25) is 0 Å². The molecule has 1 saturated heterocycles. The molecule has 0 saturated carbocycles. The lowest BCUT2D eigenvalue weighted by Gasteiger charge is -2.32. The first-order valence-electron chi connectivity index (χ1n) is 21.9. The molecule has 1 heterocycles. The molecule has 0 aromatic heterocycles. The van der Waals surface area contributed by atoms with Gasteiger partial charge >= 0.3 is 30.0 Å². The van der Waals surface area contributed by atoms with E-state index in [0.29, 0.717) is 12.8 Å². The zero-order chi connectivity index (χ0) is 54.7. The van der Waals surface area contributed by atoms with E-state index in [2.05, 4.69) is 37.5 Å². The molecular weight excluding hydrogens is 1040 g/mol. The van der Waals surface area contributed by atoms with Crippen molar-refractivity contribution in [1.82, 2.24) is 47.4 Å². The second-order valence-electron chi connectivity index (χ2n) is 16.8. The Balaban J connectivity index is 3.32. The Hall–Kier alpha value is -5.48. The highest BCUT2D eigenvalue weighted by Gasteiger charge is 2.42. The number of alkyl halides is 4. The minimum Gasteiger partial charge on any atom is -0.481 e. The van der Waals surface area contributed by atoms with Crippen LogP contribution in [0.5, 0.6) is 0 Å². The number of carbonyl (C=O) groups excluding carboxylic acids is 9. The fourth-order valence-corrected chi connectivity index (χ4v) is 6.74. The van der Waals surface area contributed by atoms with E-state index in [1.807, 2.05) is 0 Å². The molecule has 1 aliphatic rings. The monoisotopic (exact) mass is 1100 g/mol. The van der Waals surface area contributed by atoms with Gasteiger partial charge in [-0.2, -0.15) is 0 Å². The molecule has 0 aromatic rings. The molecule has 0 aliphatic carbocycles. The number of aliphatic hydroxyl groups is 1. The van der Waals surface area contributed by atoms with Crippen LogP contribution in [0, 0.1) is 11.8 Å². The number of carbonyl (C=O) groups is 12. The molecule has 71 heavy (non-hydrogen) atoms. The number of hydrogen-bond donors (Lipinski definition) is 11. The van der Waals surface area contributed by atoms with Crippen molar-refractivity contribution in [2.24, 2.45) is 11.8 Å². The molecule has 1 unspecified atom stereocenters. The second-order valence-corrected chi connectivity index (χ2v) is 19.6. The van der Waals surface area contributed by atoms with E-state index in [1.54, 1.807) is 20.8 Å². The highest BCUT2D eigenvalue weighted by molar-refractivity contribution is 6.70. The number of amides is 8. The van der Waals surface area contributed by atoms with Crippen molar-refractivity contribution in [3.63, 3.8) is 0 Å². The van der Waals surface area contributed by atoms with Gasteiger partial charge in [0.2, 0.25) is 50.7 Å². The maximum absolute atomic E-state index is 14.0. The van der Waals surface area contributed by atoms with Gasteiger partial charge in [-0.15, -0.1) is 0 Å². The number of likely N-dealkylation sites (tertiary alicyclic amines) is 1. The molecule has 0 spiro atoms. The van der Waals surface area contributed by atoms with E-state index < -0.39 is 167 Å². The lowest BCUT2D eigenvalue weighted by atomic mass is 9.98. The number of ether oxygens (including phenoxy) is 1. The van der Waals surface area contributed by atoms with Crippen LogP contribution in [0.1, 0.15) is 93.4 Å². The van der Waals surface area contributed by atoms with Crippen molar-refractivity contribution in [2.75, 3.05) is 13.1 Å². The van der Waals surface area contributed by atoms with Crippen LogP contribution >= 0.6 is 46.4 Å². The van der Waals surface area contributed by atoms with E-state index in [0.717, 1.165) is 23.8 Å². The Kier molecular flexibility index (Phi) is 26.6. The number of carboxylic acids is 3. The second kappa shape index (κ2) is 29.8. The van der Waals surface area contributed by atoms with E-state index in [4.69, 9.17) is 56.0 Å². The smallest absolute Gasteiger partial charge is 0.428 e. The summed E-state index contributed by atoms with van der Waals surface area (Å²) < 4.78 is 2.69. The van der Waals surface area contributed by atoms with Gasteiger partial charge in [-0.3, -0.25) is 47.9 Å². The fraction of sp³-hybridized carbons (Fsp3) is 0.700. The molecule has 31 heteroatoms. The van der Waals surface area contributed by atoms with Crippen molar-refractivity contribution < 1.29 is 87.5 Å². The van der Waals surface area contributed by atoms with Gasteiger partial charge in [0.15, 0.2) is 0 Å². The Morgan fingerprint density at radius 1 is 0.690 bits per heavy atom. The van der Waals surface area contributed by atoms with Gasteiger partial charge in [0.05, 0.1) is 18.9 Å². The first-order chi connectivity index (χ1) is 32.8. The maximum Gasteiger partial charge on any atom is 0.428 e. The first-order valence-corrected chi connectivity index (χ1v) is 23.5. The molecule has 9 atom stereocenters. The Bertz CT molecular complexity index is 1940. The maximum atomic E-state index is 14.0. The highest BCUT2D eigenvalue weighted by atomic mass is 35.6. The number of aliphatic hydroxyl groups excluding tert-OH is 1. The number of carboxylic acid groups (broad SMARTS) is 3. The number of hydrogen-bond acceptors (Lipinski definition) is 16. The third-order valence-corrected chi connectivity index (χ3v) is 11.4. The van der Waals surface area contributed by atoms with Crippen molar-refractivity contribution in [2.45, 2.75) is 151 Å². The average Bonchev–Trinajstić information content (AvgIpc) is 3.74. The van der Waals surface area contributed by atoms with Gasteiger partial charge < -0.3 is 66.8 Å². The van der Waals surface area contributed by atoms with Crippen molar-refractivity contribution in [3.8, 4) is 0 Å². The third-order valence-electron chi connectivity index (χ3n) is 10.1.